The van der Waals surface area contributed by atoms with Crippen molar-refractivity contribution < 1.29 is 13.8 Å². The van der Waals surface area contributed by atoms with E-state index in [0.29, 0.717) is 22.2 Å². The normalized spacial score (nSPS) is 13.3. The standard InChI is InChI=1S/C15H17ClNO3P/c1-11-14(16)5-4-6-15(11)17-21(3,18)20-13-9-7-12(19-2)8-10-13/h4-10H,1-3H3,(H,17,18)/t21-/m0/s1. The Labute approximate surface area is 129 Å². The van der Waals surface area contributed by atoms with Crippen molar-refractivity contribution in [3.05, 3.63) is 53.1 Å². The van der Waals surface area contributed by atoms with Crippen LogP contribution in [0.4, 0.5) is 5.69 Å². The van der Waals surface area contributed by atoms with Gasteiger partial charge in [0.15, 0.2) is 0 Å². The van der Waals surface area contributed by atoms with E-state index in [0.717, 1.165) is 5.56 Å². The molecule has 0 heterocycles. The molecule has 0 fully saturated rings. The summed E-state index contributed by atoms with van der Waals surface area (Å²) in [6.45, 7) is 3.38. The smallest absolute Gasteiger partial charge is 0.338 e. The topological polar surface area (TPSA) is 47.6 Å². The van der Waals surface area contributed by atoms with Crippen LogP contribution < -0.4 is 14.3 Å². The molecule has 0 radical (unpaired) electrons. The quantitative estimate of drug-likeness (QED) is 0.788. The average Bonchev–Trinajstić information content (AvgIpc) is 2.44. The first-order valence-corrected chi connectivity index (χ1v) is 8.81. The number of nitrogens with one attached hydrogen (secondary N) is 1. The fourth-order valence-corrected chi connectivity index (χ4v) is 3.23. The van der Waals surface area contributed by atoms with E-state index in [2.05, 4.69) is 5.09 Å². The minimum Gasteiger partial charge on any atom is -0.497 e. The zero-order valence-electron chi connectivity index (χ0n) is 12.1. The van der Waals surface area contributed by atoms with Gasteiger partial charge in [0, 0.05) is 17.4 Å². The Bertz CT molecular complexity index is 673. The van der Waals surface area contributed by atoms with Crippen LogP contribution >= 0.6 is 19.1 Å². The Morgan fingerprint density at radius 1 is 1.10 bits per heavy atom. The molecule has 2 aromatic rings. The molecular formula is C15H17ClNO3P. The maximum absolute atomic E-state index is 12.6. The van der Waals surface area contributed by atoms with Crippen LogP contribution in [-0.2, 0) is 4.57 Å². The number of anilines is 1. The first-order chi connectivity index (χ1) is 9.91. The lowest BCUT2D eigenvalue weighted by molar-refractivity contribution is 0.413. The van der Waals surface area contributed by atoms with Crippen molar-refractivity contribution in [2.75, 3.05) is 18.9 Å². The van der Waals surface area contributed by atoms with E-state index in [1.54, 1.807) is 43.5 Å². The molecule has 0 aliphatic rings. The summed E-state index contributed by atoms with van der Waals surface area (Å²) in [6.07, 6.45) is 0. The third-order valence-corrected chi connectivity index (χ3v) is 4.55. The van der Waals surface area contributed by atoms with Gasteiger partial charge in [-0.1, -0.05) is 17.7 Å². The van der Waals surface area contributed by atoms with Crippen molar-refractivity contribution in [1.82, 2.24) is 0 Å². The van der Waals surface area contributed by atoms with E-state index in [4.69, 9.17) is 20.9 Å². The zero-order chi connectivity index (χ0) is 15.5. The Balaban J connectivity index is 2.14. The molecule has 1 N–H and O–H groups in total. The van der Waals surface area contributed by atoms with Gasteiger partial charge in [0.05, 0.1) is 7.11 Å². The summed E-state index contributed by atoms with van der Waals surface area (Å²) in [5.74, 6) is 1.22. The third-order valence-electron chi connectivity index (χ3n) is 2.93. The molecule has 1 atom stereocenters. The maximum atomic E-state index is 12.6. The lowest BCUT2D eigenvalue weighted by Gasteiger charge is -2.19. The van der Waals surface area contributed by atoms with Crippen LogP contribution in [0.25, 0.3) is 0 Å². The predicted octanol–water partition coefficient (Wildman–Crippen LogP) is 4.97. The lowest BCUT2D eigenvalue weighted by atomic mass is 10.2. The molecule has 0 bridgehead atoms. The molecule has 0 aromatic heterocycles. The average molecular weight is 326 g/mol. The Kier molecular flexibility index (Phi) is 4.81. The number of hydrogen-bond acceptors (Lipinski definition) is 3. The number of methoxy groups -OCH3 is 1. The van der Waals surface area contributed by atoms with Crippen LogP contribution in [0.1, 0.15) is 5.56 Å². The van der Waals surface area contributed by atoms with E-state index in [-0.39, 0.29) is 0 Å². The lowest BCUT2D eigenvalue weighted by Crippen LogP contribution is -2.03. The van der Waals surface area contributed by atoms with Gasteiger partial charge in [-0.25, -0.2) is 0 Å². The highest BCUT2D eigenvalue weighted by Crippen LogP contribution is 2.44. The molecule has 0 saturated heterocycles. The van der Waals surface area contributed by atoms with Gasteiger partial charge in [-0.05, 0) is 48.9 Å². The summed E-state index contributed by atoms with van der Waals surface area (Å²) in [4.78, 5) is 0. The number of rotatable bonds is 5. The SMILES string of the molecule is COc1ccc(O[P@](C)(=O)Nc2cccc(Cl)c2C)cc1. The molecule has 2 rings (SSSR count). The summed E-state index contributed by atoms with van der Waals surface area (Å²) >= 11 is 6.05. The van der Waals surface area contributed by atoms with E-state index >= 15 is 0 Å². The molecule has 0 saturated carbocycles. The van der Waals surface area contributed by atoms with Crippen molar-refractivity contribution in [3.63, 3.8) is 0 Å². The van der Waals surface area contributed by atoms with Gasteiger partial charge in [-0.15, -0.1) is 0 Å². The highest BCUT2D eigenvalue weighted by atomic mass is 35.5. The first kappa shape index (κ1) is 15.7. The molecule has 0 amide bonds. The molecular weight excluding hydrogens is 309 g/mol. The molecule has 2 aromatic carbocycles. The number of benzene rings is 2. The van der Waals surface area contributed by atoms with Crippen LogP contribution in [0, 0.1) is 6.92 Å². The van der Waals surface area contributed by atoms with Gasteiger partial charge in [0.25, 0.3) is 0 Å². The largest absolute Gasteiger partial charge is 0.497 e. The number of ether oxygens (including phenoxy) is 1. The Morgan fingerprint density at radius 3 is 2.33 bits per heavy atom. The summed E-state index contributed by atoms with van der Waals surface area (Å²) < 4.78 is 23.2. The molecule has 0 aliphatic heterocycles. The van der Waals surface area contributed by atoms with Crippen LogP contribution in [0.15, 0.2) is 42.5 Å². The highest BCUT2D eigenvalue weighted by Gasteiger charge is 2.19. The van der Waals surface area contributed by atoms with Gasteiger partial charge in [0.1, 0.15) is 11.5 Å². The molecule has 112 valence electrons. The van der Waals surface area contributed by atoms with Gasteiger partial charge in [-0.3, -0.25) is 4.57 Å². The zero-order valence-corrected chi connectivity index (χ0v) is 13.7. The molecule has 4 nitrogen and oxygen atoms in total. The number of hydrogen-bond donors (Lipinski definition) is 1. The van der Waals surface area contributed by atoms with Gasteiger partial charge in [-0.2, -0.15) is 0 Å². The van der Waals surface area contributed by atoms with E-state index < -0.39 is 7.52 Å². The van der Waals surface area contributed by atoms with E-state index in [1.165, 1.54) is 6.66 Å². The maximum Gasteiger partial charge on any atom is 0.338 e. The molecule has 21 heavy (non-hydrogen) atoms. The fraction of sp³-hybridized carbons (Fsp3) is 0.200. The second-order valence-electron chi connectivity index (χ2n) is 4.64. The Hall–Kier alpha value is -1.64. The van der Waals surface area contributed by atoms with E-state index in [1.807, 2.05) is 13.0 Å². The summed E-state index contributed by atoms with van der Waals surface area (Å²) in [5, 5.41) is 3.54. The molecule has 6 heteroatoms. The van der Waals surface area contributed by atoms with Crippen molar-refractivity contribution in [3.8, 4) is 11.5 Å². The Morgan fingerprint density at radius 2 is 1.71 bits per heavy atom. The van der Waals surface area contributed by atoms with Gasteiger partial charge in [0.2, 0.25) is 0 Å². The van der Waals surface area contributed by atoms with Crippen LogP contribution in [0.3, 0.4) is 0 Å². The second-order valence-corrected chi connectivity index (χ2v) is 7.14. The monoisotopic (exact) mass is 325 g/mol. The summed E-state index contributed by atoms with van der Waals surface area (Å²) in [6, 6.07) is 12.3. The summed E-state index contributed by atoms with van der Waals surface area (Å²) in [5.41, 5.74) is 1.53. The van der Waals surface area contributed by atoms with Crippen molar-refractivity contribution in [1.29, 1.82) is 0 Å². The van der Waals surface area contributed by atoms with Gasteiger partial charge < -0.3 is 14.3 Å². The molecule has 0 aliphatic carbocycles. The minimum atomic E-state index is -3.06. The molecule has 0 spiro atoms. The van der Waals surface area contributed by atoms with Crippen molar-refractivity contribution in [2.24, 2.45) is 0 Å². The third kappa shape index (κ3) is 4.16. The molecule has 0 unspecified atom stereocenters. The predicted molar refractivity (Wildman–Crippen MR) is 87.0 cm³/mol. The van der Waals surface area contributed by atoms with Crippen molar-refractivity contribution >= 4 is 24.8 Å². The summed E-state index contributed by atoms with van der Waals surface area (Å²) in [7, 11) is -1.47. The van der Waals surface area contributed by atoms with Crippen LogP contribution in [-0.4, -0.2) is 13.8 Å². The fourth-order valence-electron chi connectivity index (χ4n) is 1.81. The van der Waals surface area contributed by atoms with Crippen molar-refractivity contribution in [2.45, 2.75) is 6.92 Å². The number of halogens is 1. The second kappa shape index (κ2) is 6.42. The van der Waals surface area contributed by atoms with E-state index in [9.17, 15) is 4.57 Å². The first-order valence-electron chi connectivity index (χ1n) is 6.36. The highest BCUT2D eigenvalue weighted by molar-refractivity contribution is 7.60. The minimum absolute atomic E-state index is 0.508. The van der Waals surface area contributed by atoms with Crippen LogP contribution in [0.2, 0.25) is 5.02 Å². The van der Waals surface area contributed by atoms with Gasteiger partial charge >= 0.3 is 7.52 Å². The van der Waals surface area contributed by atoms with Crippen LogP contribution in [0.5, 0.6) is 11.5 Å².